The highest BCUT2D eigenvalue weighted by atomic mass is 16.7. The van der Waals surface area contributed by atoms with Crippen LogP contribution < -0.4 is 5.46 Å². The Balaban J connectivity index is 1.87. The number of hydrogen-bond acceptors (Lipinski definition) is 5. The fourth-order valence-corrected chi connectivity index (χ4v) is 2.63. The van der Waals surface area contributed by atoms with E-state index in [0.717, 1.165) is 16.9 Å². The first kappa shape index (κ1) is 17.1. The maximum absolute atomic E-state index is 6.15. The molecule has 2 aromatic heterocycles. The number of pyridine rings is 1. The molecular weight excluding hydrogens is 305 g/mol. The fourth-order valence-electron chi connectivity index (χ4n) is 2.63. The van der Waals surface area contributed by atoms with Gasteiger partial charge in [-0.15, -0.1) is 0 Å². The molecule has 0 spiro atoms. The Labute approximate surface area is 143 Å². The Morgan fingerprint density at radius 2 is 1.88 bits per heavy atom. The van der Waals surface area contributed by atoms with Crippen LogP contribution >= 0.6 is 0 Å². The van der Waals surface area contributed by atoms with Crippen LogP contribution in [0.25, 0.3) is 0 Å². The Morgan fingerprint density at radius 3 is 2.46 bits per heavy atom. The molecule has 0 radical (unpaired) electrons. The van der Waals surface area contributed by atoms with Crippen molar-refractivity contribution in [3.63, 3.8) is 0 Å². The van der Waals surface area contributed by atoms with E-state index in [-0.39, 0.29) is 11.2 Å². The third-order valence-corrected chi connectivity index (χ3v) is 4.71. The van der Waals surface area contributed by atoms with E-state index >= 15 is 0 Å². The van der Waals surface area contributed by atoms with Crippen LogP contribution in [0.15, 0.2) is 30.6 Å². The average Bonchev–Trinajstić information content (AvgIpc) is 2.99. The van der Waals surface area contributed by atoms with Gasteiger partial charge in [-0.3, -0.25) is 9.67 Å². The van der Waals surface area contributed by atoms with Crippen LogP contribution in [-0.4, -0.2) is 40.2 Å². The highest BCUT2D eigenvalue weighted by molar-refractivity contribution is 6.62. The van der Waals surface area contributed by atoms with E-state index in [9.17, 15) is 0 Å². The smallest absolute Gasteiger partial charge is 0.399 e. The summed E-state index contributed by atoms with van der Waals surface area (Å²) in [4.78, 5) is 4.35. The van der Waals surface area contributed by atoms with E-state index in [1.807, 2.05) is 56.8 Å². The van der Waals surface area contributed by atoms with Gasteiger partial charge in [0, 0.05) is 25.0 Å². The largest absolute Gasteiger partial charge is 0.498 e. The number of nitrogens with zero attached hydrogens (tertiary/aromatic N) is 3. The second-order valence-corrected chi connectivity index (χ2v) is 7.07. The first-order chi connectivity index (χ1) is 11.3. The molecule has 1 aliphatic rings. The summed E-state index contributed by atoms with van der Waals surface area (Å²) in [5, 5.41) is 4.63. The summed E-state index contributed by atoms with van der Waals surface area (Å²) in [7, 11) is 1.21. The molecule has 24 heavy (non-hydrogen) atoms. The van der Waals surface area contributed by atoms with Crippen molar-refractivity contribution in [1.82, 2.24) is 14.8 Å². The van der Waals surface area contributed by atoms with Crippen LogP contribution in [0, 0.1) is 0 Å². The van der Waals surface area contributed by atoms with E-state index in [0.29, 0.717) is 13.2 Å². The summed E-state index contributed by atoms with van der Waals surface area (Å²) in [6.07, 6.45) is 3.75. The van der Waals surface area contributed by atoms with Gasteiger partial charge in [-0.25, -0.2) is 0 Å². The molecule has 128 valence electrons. The summed E-state index contributed by atoms with van der Waals surface area (Å²) in [6, 6.07) is 5.85. The molecule has 2 aromatic rings. The third kappa shape index (κ3) is 3.24. The topological polar surface area (TPSA) is 58.4 Å². The van der Waals surface area contributed by atoms with Gasteiger partial charge < -0.3 is 14.0 Å². The minimum atomic E-state index is -0.447. The maximum atomic E-state index is 6.15. The summed E-state index contributed by atoms with van der Waals surface area (Å²) in [5.41, 5.74) is 1.92. The van der Waals surface area contributed by atoms with Crippen molar-refractivity contribution in [1.29, 1.82) is 0 Å². The van der Waals surface area contributed by atoms with Gasteiger partial charge in [0.15, 0.2) is 0 Å². The van der Waals surface area contributed by atoms with Crippen molar-refractivity contribution < 1.29 is 14.0 Å². The number of aromatic nitrogens is 3. The van der Waals surface area contributed by atoms with Crippen LogP contribution in [0.1, 0.15) is 39.1 Å². The second-order valence-electron chi connectivity index (χ2n) is 7.07. The van der Waals surface area contributed by atoms with Crippen LogP contribution in [0.2, 0.25) is 0 Å². The molecule has 6 nitrogen and oxygen atoms in total. The standard InChI is InChI=1S/C17H24BN3O3/c1-16(2)17(3,4)24-18(23-16)14-11-21(20-15(14)12-22-5)10-13-8-6-7-9-19-13/h6-9,11H,10,12H2,1-5H3. The van der Waals surface area contributed by atoms with Crippen molar-refractivity contribution >= 4 is 12.6 Å². The van der Waals surface area contributed by atoms with Crippen molar-refractivity contribution in [2.45, 2.75) is 52.0 Å². The van der Waals surface area contributed by atoms with Gasteiger partial charge in [-0.1, -0.05) is 6.07 Å². The van der Waals surface area contributed by atoms with Crippen LogP contribution in [-0.2, 0) is 27.2 Å². The molecule has 1 fully saturated rings. The molecule has 0 amide bonds. The van der Waals surface area contributed by atoms with Crippen molar-refractivity contribution in [2.75, 3.05) is 7.11 Å². The summed E-state index contributed by atoms with van der Waals surface area (Å²) < 4.78 is 19.5. The Hall–Kier alpha value is -1.70. The Kier molecular flexibility index (Phi) is 4.51. The number of methoxy groups -OCH3 is 1. The van der Waals surface area contributed by atoms with Gasteiger partial charge in [0.2, 0.25) is 0 Å². The summed E-state index contributed by atoms with van der Waals surface area (Å²) in [5.74, 6) is 0. The molecule has 0 aromatic carbocycles. The predicted octanol–water partition coefficient (Wildman–Crippen LogP) is 1.77. The second kappa shape index (κ2) is 6.31. The molecule has 0 unspecified atom stereocenters. The first-order valence-electron chi connectivity index (χ1n) is 8.13. The zero-order valence-electron chi connectivity index (χ0n) is 14.9. The van der Waals surface area contributed by atoms with Gasteiger partial charge in [0.25, 0.3) is 0 Å². The lowest BCUT2D eigenvalue weighted by Gasteiger charge is -2.32. The Morgan fingerprint density at radius 1 is 1.17 bits per heavy atom. The highest BCUT2D eigenvalue weighted by Gasteiger charge is 2.52. The van der Waals surface area contributed by atoms with Crippen molar-refractivity contribution in [2.24, 2.45) is 0 Å². The van der Waals surface area contributed by atoms with Crippen LogP contribution in [0.4, 0.5) is 0 Å². The van der Waals surface area contributed by atoms with Gasteiger partial charge in [0.1, 0.15) is 0 Å². The van der Waals surface area contributed by atoms with E-state index in [4.69, 9.17) is 14.0 Å². The summed E-state index contributed by atoms with van der Waals surface area (Å²) in [6.45, 7) is 9.18. The fraction of sp³-hybridized carbons (Fsp3) is 0.529. The van der Waals surface area contributed by atoms with Crippen LogP contribution in [0.5, 0.6) is 0 Å². The van der Waals surface area contributed by atoms with E-state index < -0.39 is 7.12 Å². The first-order valence-corrected chi connectivity index (χ1v) is 8.13. The summed E-state index contributed by atoms with van der Waals surface area (Å²) >= 11 is 0. The van der Waals surface area contributed by atoms with E-state index in [1.165, 1.54) is 0 Å². The molecular formula is C17H24BN3O3. The molecule has 0 bridgehead atoms. The van der Waals surface area contributed by atoms with E-state index in [1.54, 1.807) is 13.3 Å². The van der Waals surface area contributed by atoms with Gasteiger partial charge in [0.05, 0.1) is 35.7 Å². The monoisotopic (exact) mass is 329 g/mol. The minimum absolute atomic E-state index is 0.384. The lowest BCUT2D eigenvalue weighted by atomic mass is 9.79. The number of hydrogen-bond donors (Lipinski definition) is 0. The zero-order valence-corrected chi connectivity index (χ0v) is 14.9. The number of ether oxygens (including phenoxy) is 1. The SMILES string of the molecule is COCc1nn(Cc2ccccn2)cc1B1OC(C)(C)C(C)(C)O1. The van der Waals surface area contributed by atoms with Gasteiger partial charge in [-0.05, 0) is 39.8 Å². The van der Waals surface area contributed by atoms with E-state index in [2.05, 4.69) is 10.1 Å². The zero-order chi connectivity index (χ0) is 17.4. The lowest BCUT2D eigenvalue weighted by Crippen LogP contribution is -2.41. The van der Waals surface area contributed by atoms with Gasteiger partial charge in [-0.2, -0.15) is 5.10 Å². The average molecular weight is 329 g/mol. The minimum Gasteiger partial charge on any atom is -0.399 e. The molecule has 1 saturated heterocycles. The normalized spacial score (nSPS) is 19.0. The lowest BCUT2D eigenvalue weighted by molar-refractivity contribution is 0.00578. The molecule has 0 atom stereocenters. The molecule has 3 heterocycles. The maximum Gasteiger partial charge on any atom is 0.498 e. The molecule has 0 saturated carbocycles. The molecule has 3 rings (SSSR count). The molecule has 0 N–H and O–H groups in total. The predicted molar refractivity (Wildman–Crippen MR) is 92.0 cm³/mol. The van der Waals surface area contributed by atoms with Gasteiger partial charge >= 0.3 is 7.12 Å². The molecule has 1 aliphatic heterocycles. The molecule has 0 aliphatic carbocycles. The Bertz CT molecular complexity index is 684. The van der Waals surface area contributed by atoms with Crippen molar-refractivity contribution in [3.05, 3.63) is 42.0 Å². The highest BCUT2D eigenvalue weighted by Crippen LogP contribution is 2.36. The van der Waals surface area contributed by atoms with Crippen LogP contribution in [0.3, 0.4) is 0 Å². The van der Waals surface area contributed by atoms with Crippen molar-refractivity contribution in [3.8, 4) is 0 Å². The third-order valence-electron chi connectivity index (χ3n) is 4.71. The molecule has 7 heteroatoms. The quantitative estimate of drug-likeness (QED) is 0.783. The number of rotatable bonds is 5.